The van der Waals surface area contributed by atoms with E-state index in [2.05, 4.69) is 15.6 Å². The quantitative estimate of drug-likeness (QED) is 0.516. The number of carbonyl (C=O) groups excluding carboxylic acids is 2. The number of rotatable bonds is 10. The lowest BCUT2D eigenvalue weighted by atomic mass is 10.0. The molecule has 0 saturated carbocycles. The van der Waals surface area contributed by atoms with E-state index in [1.165, 1.54) is 0 Å². The molecule has 0 bridgehead atoms. The summed E-state index contributed by atoms with van der Waals surface area (Å²) in [6, 6.07) is 20.1. The number of nitrogens with one attached hydrogen (secondary N) is 2. The molecule has 0 radical (unpaired) electrons. The second kappa shape index (κ2) is 11.8. The van der Waals surface area contributed by atoms with E-state index in [0.29, 0.717) is 25.1 Å². The highest BCUT2D eigenvalue weighted by Crippen LogP contribution is 2.13. The van der Waals surface area contributed by atoms with Crippen LogP contribution in [0.4, 0.5) is 0 Å². The highest BCUT2D eigenvalue weighted by atomic mass is 16.5. The summed E-state index contributed by atoms with van der Waals surface area (Å²) in [5.41, 5.74) is 4.37. The zero-order valence-electron chi connectivity index (χ0n) is 18.5. The van der Waals surface area contributed by atoms with Gasteiger partial charge in [-0.3, -0.25) is 14.6 Å². The summed E-state index contributed by atoms with van der Waals surface area (Å²) < 4.78 is 5.77. The maximum Gasteiger partial charge on any atom is 0.252 e. The third-order valence-corrected chi connectivity index (χ3v) is 5.27. The van der Waals surface area contributed by atoms with Gasteiger partial charge in [0.1, 0.15) is 6.04 Å². The minimum absolute atomic E-state index is 0.0704. The number of carbonyl (C=O) groups is 2. The Hall–Kier alpha value is -3.51. The summed E-state index contributed by atoms with van der Waals surface area (Å²) in [4.78, 5) is 30.0. The third-order valence-electron chi connectivity index (χ3n) is 5.27. The van der Waals surface area contributed by atoms with Gasteiger partial charge in [-0.05, 0) is 48.7 Å². The van der Waals surface area contributed by atoms with E-state index in [-0.39, 0.29) is 18.4 Å². The van der Waals surface area contributed by atoms with Crippen molar-refractivity contribution >= 4 is 11.8 Å². The molecule has 6 heteroatoms. The van der Waals surface area contributed by atoms with Crippen LogP contribution in [0.25, 0.3) is 0 Å². The summed E-state index contributed by atoms with van der Waals surface area (Å²) in [5, 5.41) is 5.73. The number of amides is 2. The fourth-order valence-corrected chi connectivity index (χ4v) is 3.27. The normalized spacial score (nSPS) is 11.6. The topological polar surface area (TPSA) is 80.3 Å². The molecule has 3 aromatic rings. The number of hydrogen-bond acceptors (Lipinski definition) is 4. The van der Waals surface area contributed by atoms with Gasteiger partial charge in [0.15, 0.2) is 0 Å². The van der Waals surface area contributed by atoms with Gasteiger partial charge < -0.3 is 15.4 Å². The predicted octanol–water partition coefficient (Wildman–Crippen LogP) is 3.37. The molecule has 166 valence electrons. The molecule has 2 N–H and O–H groups in total. The second-order valence-corrected chi connectivity index (χ2v) is 7.64. The molecular formula is C26H29N3O3. The SMILES string of the molecule is Cc1cccc(C(=O)N[C@H](COCc2ccccc2)C(=O)NCCc2ccccn2)c1C. The highest BCUT2D eigenvalue weighted by molar-refractivity contribution is 5.98. The lowest BCUT2D eigenvalue weighted by molar-refractivity contribution is -0.124. The molecule has 1 heterocycles. The number of pyridine rings is 1. The number of nitrogens with zero attached hydrogens (tertiary/aromatic N) is 1. The van der Waals surface area contributed by atoms with Gasteiger partial charge in [-0.1, -0.05) is 48.5 Å². The van der Waals surface area contributed by atoms with Gasteiger partial charge in [-0.15, -0.1) is 0 Å². The average Bonchev–Trinajstić information content (AvgIpc) is 2.81. The average molecular weight is 432 g/mol. The fraction of sp³-hybridized carbons (Fsp3) is 0.269. The van der Waals surface area contributed by atoms with Gasteiger partial charge >= 0.3 is 0 Å². The number of aryl methyl sites for hydroxylation is 1. The fourth-order valence-electron chi connectivity index (χ4n) is 3.27. The summed E-state index contributed by atoms with van der Waals surface area (Å²) in [6.07, 6.45) is 2.33. The van der Waals surface area contributed by atoms with Gasteiger partial charge in [-0.2, -0.15) is 0 Å². The molecule has 1 atom stereocenters. The van der Waals surface area contributed by atoms with E-state index in [1.54, 1.807) is 12.3 Å². The molecule has 0 unspecified atom stereocenters. The van der Waals surface area contributed by atoms with Crippen molar-refractivity contribution in [1.29, 1.82) is 0 Å². The molecule has 6 nitrogen and oxygen atoms in total. The Bertz CT molecular complexity index is 1020. The third kappa shape index (κ3) is 6.75. The van der Waals surface area contributed by atoms with Gasteiger partial charge in [0, 0.05) is 30.4 Å². The van der Waals surface area contributed by atoms with Crippen molar-refractivity contribution in [1.82, 2.24) is 15.6 Å². The first kappa shape index (κ1) is 23.2. The molecule has 0 aliphatic rings. The zero-order valence-corrected chi connectivity index (χ0v) is 18.5. The number of hydrogen-bond donors (Lipinski definition) is 2. The van der Waals surface area contributed by atoms with Crippen LogP contribution in [0.3, 0.4) is 0 Å². The van der Waals surface area contributed by atoms with Crippen molar-refractivity contribution < 1.29 is 14.3 Å². The van der Waals surface area contributed by atoms with Gasteiger partial charge in [0.2, 0.25) is 5.91 Å². The number of ether oxygens (including phenoxy) is 1. The van der Waals surface area contributed by atoms with Crippen LogP contribution in [0, 0.1) is 13.8 Å². The van der Waals surface area contributed by atoms with Gasteiger partial charge in [0.05, 0.1) is 13.2 Å². The maximum absolute atomic E-state index is 12.9. The van der Waals surface area contributed by atoms with E-state index in [1.807, 2.05) is 74.5 Å². The van der Waals surface area contributed by atoms with Crippen LogP contribution >= 0.6 is 0 Å². The molecule has 3 rings (SSSR count). The molecule has 2 amide bonds. The molecule has 32 heavy (non-hydrogen) atoms. The molecule has 2 aromatic carbocycles. The van der Waals surface area contributed by atoms with Gasteiger partial charge in [-0.25, -0.2) is 0 Å². The Morgan fingerprint density at radius 3 is 2.50 bits per heavy atom. The summed E-state index contributed by atoms with van der Waals surface area (Å²) in [7, 11) is 0. The molecule has 0 saturated heterocycles. The summed E-state index contributed by atoms with van der Waals surface area (Å²) in [5.74, 6) is -0.577. The van der Waals surface area contributed by atoms with Crippen LogP contribution in [-0.4, -0.2) is 36.0 Å². The monoisotopic (exact) mass is 431 g/mol. The predicted molar refractivity (Wildman–Crippen MR) is 124 cm³/mol. The minimum atomic E-state index is -0.810. The molecule has 0 aliphatic carbocycles. The number of aromatic nitrogens is 1. The van der Waals surface area contributed by atoms with Crippen molar-refractivity contribution in [2.75, 3.05) is 13.2 Å². The van der Waals surface area contributed by atoms with E-state index >= 15 is 0 Å². The van der Waals surface area contributed by atoms with Gasteiger partial charge in [0.25, 0.3) is 5.91 Å². The molecule has 0 aliphatic heterocycles. The molecule has 0 fully saturated rings. The van der Waals surface area contributed by atoms with Crippen molar-refractivity contribution in [3.63, 3.8) is 0 Å². The van der Waals surface area contributed by atoms with Crippen LogP contribution in [0.2, 0.25) is 0 Å². The first-order valence-corrected chi connectivity index (χ1v) is 10.7. The largest absolute Gasteiger partial charge is 0.374 e. The highest BCUT2D eigenvalue weighted by Gasteiger charge is 2.22. The first-order valence-electron chi connectivity index (χ1n) is 10.7. The van der Waals surface area contributed by atoms with Crippen molar-refractivity contribution in [3.05, 3.63) is 101 Å². The van der Waals surface area contributed by atoms with Crippen LogP contribution in [0.5, 0.6) is 0 Å². The zero-order chi connectivity index (χ0) is 22.8. The van der Waals surface area contributed by atoms with Crippen LogP contribution < -0.4 is 10.6 Å². The first-order chi connectivity index (χ1) is 15.5. The Balaban J connectivity index is 1.62. The minimum Gasteiger partial charge on any atom is -0.374 e. The Labute approximate surface area is 189 Å². The van der Waals surface area contributed by atoms with Crippen molar-refractivity contribution in [2.24, 2.45) is 0 Å². The molecule has 1 aromatic heterocycles. The van der Waals surface area contributed by atoms with Crippen molar-refractivity contribution in [3.8, 4) is 0 Å². The van der Waals surface area contributed by atoms with E-state index < -0.39 is 6.04 Å². The lowest BCUT2D eigenvalue weighted by Crippen LogP contribution is -2.50. The Morgan fingerprint density at radius 2 is 1.75 bits per heavy atom. The van der Waals surface area contributed by atoms with Crippen molar-refractivity contribution in [2.45, 2.75) is 32.9 Å². The summed E-state index contributed by atoms with van der Waals surface area (Å²) >= 11 is 0. The second-order valence-electron chi connectivity index (χ2n) is 7.64. The summed E-state index contributed by atoms with van der Waals surface area (Å²) in [6.45, 7) is 4.71. The molecule has 0 spiro atoms. The molecular weight excluding hydrogens is 402 g/mol. The van der Waals surface area contributed by atoms with Crippen LogP contribution in [0.15, 0.2) is 72.9 Å². The van der Waals surface area contributed by atoms with Crippen LogP contribution in [0.1, 0.15) is 32.7 Å². The van der Waals surface area contributed by atoms with E-state index in [0.717, 1.165) is 22.4 Å². The van der Waals surface area contributed by atoms with E-state index in [4.69, 9.17) is 4.74 Å². The standard InChI is InChI=1S/C26H29N3O3/c1-19-9-8-13-23(20(19)2)25(30)29-24(18-32-17-21-10-4-3-5-11-21)26(31)28-16-14-22-12-6-7-15-27-22/h3-13,15,24H,14,16-18H2,1-2H3,(H,28,31)(H,29,30)/t24-/m1/s1. The van der Waals surface area contributed by atoms with Crippen LogP contribution in [-0.2, 0) is 22.6 Å². The smallest absolute Gasteiger partial charge is 0.252 e. The maximum atomic E-state index is 12.9. The number of benzene rings is 2. The van der Waals surface area contributed by atoms with E-state index in [9.17, 15) is 9.59 Å². The Morgan fingerprint density at radius 1 is 0.969 bits per heavy atom. The Kier molecular flexibility index (Phi) is 8.52. The lowest BCUT2D eigenvalue weighted by Gasteiger charge is -2.19.